The van der Waals surface area contributed by atoms with E-state index in [0.717, 1.165) is 37.2 Å². The summed E-state index contributed by atoms with van der Waals surface area (Å²) in [6.07, 6.45) is 4.59. The van der Waals surface area contributed by atoms with Gasteiger partial charge in [0.2, 0.25) is 5.91 Å². The fourth-order valence-corrected chi connectivity index (χ4v) is 5.02. The molecule has 25 heavy (non-hydrogen) atoms. The highest BCUT2D eigenvalue weighted by Gasteiger charge is 2.39. The van der Waals surface area contributed by atoms with Crippen molar-refractivity contribution in [3.8, 4) is 10.7 Å². The van der Waals surface area contributed by atoms with Crippen molar-refractivity contribution in [3.05, 3.63) is 22.3 Å². The minimum absolute atomic E-state index is 0.00661. The first-order valence-corrected chi connectivity index (χ1v) is 10.1. The lowest BCUT2D eigenvalue weighted by atomic mass is 9.81. The quantitative estimate of drug-likeness (QED) is 0.801. The van der Waals surface area contributed by atoms with Crippen LogP contribution in [0.25, 0.3) is 10.7 Å². The van der Waals surface area contributed by atoms with Gasteiger partial charge in [-0.1, -0.05) is 6.07 Å². The van der Waals surface area contributed by atoms with E-state index in [2.05, 4.69) is 15.5 Å². The van der Waals surface area contributed by atoms with Crippen molar-refractivity contribution in [1.82, 2.24) is 20.1 Å². The molecule has 1 aliphatic carbocycles. The van der Waals surface area contributed by atoms with Crippen molar-refractivity contribution in [1.29, 1.82) is 0 Å². The van der Waals surface area contributed by atoms with Crippen LogP contribution in [0.15, 0.2) is 17.5 Å². The molecule has 134 valence electrons. The van der Waals surface area contributed by atoms with Crippen LogP contribution < -0.4 is 5.32 Å². The second kappa shape index (κ2) is 7.01. The van der Waals surface area contributed by atoms with Crippen LogP contribution in [-0.4, -0.2) is 39.4 Å². The lowest BCUT2D eigenvalue weighted by molar-refractivity contribution is -0.125. The Morgan fingerprint density at radius 1 is 1.52 bits per heavy atom. The number of ether oxygens (including phenoxy) is 1. The number of rotatable bonds is 4. The number of nitrogens with zero attached hydrogens (tertiary/aromatic N) is 2. The van der Waals surface area contributed by atoms with Gasteiger partial charge in [-0.05, 0) is 56.3 Å². The van der Waals surface area contributed by atoms with Crippen LogP contribution in [0, 0.1) is 10.7 Å². The number of aromatic nitrogens is 3. The summed E-state index contributed by atoms with van der Waals surface area (Å²) >= 11 is 6.95. The van der Waals surface area contributed by atoms with Gasteiger partial charge in [-0.25, -0.2) is 0 Å². The summed E-state index contributed by atoms with van der Waals surface area (Å²) in [5.74, 6) is 1.15. The number of fused-ring (bicyclic) bond motifs is 1. The van der Waals surface area contributed by atoms with Gasteiger partial charge in [0.25, 0.3) is 0 Å². The molecule has 0 unspecified atom stereocenters. The smallest absolute Gasteiger partial charge is 0.243 e. The van der Waals surface area contributed by atoms with Gasteiger partial charge in [-0.3, -0.25) is 14.5 Å². The Labute approximate surface area is 155 Å². The minimum atomic E-state index is -0.411. The maximum atomic E-state index is 12.9. The number of carbonyl (C=O) groups excluding carboxylic acids is 1. The summed E-state index contributed by atoms with van der Waals surface area (Å²) in [7, 11) is 0. The standard InChI is InChI=1S/C17H22N4O2S2/c1-10(21-15(19-20-17(21)24)14-6-3-9-25-14)16(22)18-12-4-2-5-13-11(12)7-8-23-13/h3,6,9-13H,2,4-5,7-8H2,1H3,(H,18,22)(H,20,24)/t10-,11-,12-,13-/m1/s1. The predicted octanol–water partition coefficient (Wildman–Crippen LogP) is 3.30. The van der Waals surface area contributed by atoms with Crippen LogP contribution in [0.5, 0.6) is 0 Å². The van der Waals surface area contributed by atoms with Gasteiger partial charge in [-0.15, -0.1) is 11.3 Å². The molecular weight excluding hydrogens is 356 g/mol. The molecule has 8 heteroatoms. The van der Waals surface area contributed by atoms with Gasteiger partial charge in [-0.2, -0.15) is 5.10 Å². The largest absolute Gasteiger partial charge is 0.378 e. The molecule has 4 atom stereocenters. The summed E-state index contributed by atoms with van der Waals surface area (Å²) in [5.41, 5.74) is 0. The van der Waals surface area contributed by atoms with E-state index >= 15 is 0 Å². The fraction of sp³-hybridized carbons (Fsp3) is 0.588. The van der Waals surface area contributed by atoms with E-state index < -0.39 is 6.04 Å². The van der Waals surface area contributed by atoms with Gasteiger partial charge in [0, 0.05) is 18.6 Å². The zero-order valence-electron chi connectivity index (χ0n) is 14.1. The number of aromatic amines is 1. The fourth-order valence-electron chi connectivity index (χ4n) is 4.02. The summed E-state index contributed by atoms with van der Waals surface area (Å²) in [4.78, 5) is 13.9. The van der Waals surface area contributed by atoms with E-state index in [-0.39, 0.29) is 11.9 Å². The van der Waals surface area contributed by atoms with E-state index in [1.165, 1.54) is 0 Å². The zero-order chi connectivity index (χ0) is 17.4. The Bertz CT molecular complexity index is 798. The Balaban J connectivity index is 1.53. The molecule has 1 aliphatic heterocycles. The van der Waals surface area contributed by atoms with E-state index in [1.807, 2.05) is 29.0 Å². The third-order valence-corrected chi connectivity index (χ3v) is 6.48. The average molecular weight is 379 g/mol. The molecule has 1 saturated carbocycles. The molecule has 2 fully saturated rings. The monoisotopic (exact) mass is 378 g/mol. The highest BCUT2D eigenvalue weighted by molar-refractivity contribution is 7.71. The van der Waals surface area contributed by atoms with E-state index in [0.29, 0.717) is 22.6 Å². The second-order valence-electron chi connectivity index (χ2n) is 6.78. The van der Waals surface area contributed by atoms with Crippen molar-refractivity contribution >= 4 is 29.5 Å². The first-order valence-electron chi connectivity index (χ1n) is 8.78. The third kappa shape index (κ3) is 3.18. The predicted molar refractivity (Wildman–Crippen MR) is 99.1 cm³/mol. The molecule has 3 heterocycles. The maximum absolute atomic E-state index is 12.9. The molecular formula is C17H22N4O2S2. The van der Waals surface area contributed by atoms with E-state index in [1.54, 1.807) is 11.3 Å². The lowest BCUT2D eigenvalue weighted by Gasteiger charge is -2.34. The van der Waals surface area contributed by atoms with Gasteiger partial charge in [0.15, 0.2) is 10.6 Å². The van der Waals surface area contributed by atoms with E-state index in [4.69, 9.17) is 17.0 Å². The van der Waals surface area contributed by atoms with Crippen molar-refractivity contribution in [2.24, 2.45) is 5.92 Å². The first kappa shape index (κ1) is 16.9. The second-order valence-corrected chi connectivity index (χ2v) is 8.12. The van der Waals surface area contributed by atoms with Crippen LogP contribution in [0.2, 0.25) is 0 Å². The third-order valence-electron chi connectivity index (χ3n) is 5.32. The highest BCUT2D eigenvalue weighted by atomic mass is 32.1. The minimum Gasteiger partial charge on any atom is -0.378 e. The molecule has 1 amide bonds. The number of nitrogens with one attached hydrogen (secondary N) is 2. The zero-order valence-corrected chi connectivity index (χ0v) is 15.7. The van der Waals surface area contributed by atoms with Crippen LogP contribution in [0.1, 0.15) is 38.6 Å². The number of hydrogen-bond acceptors (Lipinski definition) is 5. The Hall–Kier alpha value is -1.51. The van der Waals surface area contributed by atoms with Gasteiger partial charge < -0.3 is 10.1 Å². The van der Waals surface area contributed by atoms with Crippen LogP contribution in [0.4, 0.5) is 0 Å². The van der Waals surface area contributed by atoms with Crippen LogP contribution >= 0.6 is 23.6 Å². The molecule has 1 saturated heterocycles. The summed E-state index contributed by atoms with van der Waals surface area (Å²) in [5, 5.41) is 12.4. The normalized spacial score (nSPS) is 27.0. The molecule has 4 rings (SSSR count). The molecule has 2 aromatic heterocycles. The summed E-state index contributed by atoms with van der Waals surface area (Å²) < 4.78 is 8.08. The van der Waals surface area contributed by atoms with Crippen molar-refractivity contribution in [2.45, 2.75) is 50.8 Å². The van der Waals surface area contributed by atoms with Crippen molar-refractivity contribution < 1.29 is 9.53 Å². The SMILES string of the molecule is C[C@H](C(=O)N[C@@H]1CCC[C@H]2OCC[C@H]12)n1c(-c2cccs2)n[nH]c1=S. The number of carbonyl (C=O) groups is 1. The number of H-pyrrole nitrogens is 1. The van der Waals surface area contributed by atoms with E-state index in [9.17, 15) is 4.79 Å². The number of hydrogen-bond donors (Lipinski definition) is 2. The molecule has 0 bridgehead atoms. The average Bonchev–Trinajstić information content (AvgIpc) is 3.34. The van der Waals surface area contributed by atoms with Gasteiger partial charge in [0.1, 0.15) is 6.04 Å². The molecule has 0 spiro atoms. The molecule has 0 aromatic carbocycles. The summed E-state index contributed by atoms with van der Waals surface area (Å²) in [6, 6.07) is 3.74. The van der Waals surface area contributed by atoms with Gasteiger partial charge in [0.05, 0.1) is 11.0 Å². The van der Waals surface area contributed by atoms with Crippen LogP contribution in [0.3, 0.4) is 0 Å². The highest BCUT2D eigenvalue weighted by Crippen LogP contribution is 2.34. The van der Waals surface area contributed by atoms with Crippen LogP contribution in [-0.2, 0) is 9.53 Å². The van der Waals surface area contributed by atoms with Crippen molar-refractivity contribution in [2.75, 3.05) is 6.61 Å². The molecule has 0 radical (unpaired) electrons. The first-order chi connectivity index (χ1) is 12.1. The van der Waals surface area contributed by atoms with Crippen molar-refractivity contribution in [3.63, 3.8) is 0 Å². The number of amides is 1. The molecule has 2 aromatic rings. The Morgan fingerprint density at radius 2 is 2.40 bits per heavy atom. The molecule has 2 aliphatic rings. The lowest BCUT2D eigenvalue weighted by Crippen LogP contribution is -2.47. The molecule has 6 nitrogen and oxygen atoms in total. The topological polar surface area (TPSA) is 71.9 Å². The summed E-state index contributed by atoms with van der Waals surface area (Å²) in [6.45, 7) is 2.69. The van der Waals surface area contributed by atoms with Gasteiger partial charge >= 0.3 is 0 Å². The molecule has 2 N–H and O–H groups in total. The Morgan fingerprint density at radius 3 is 3.20 bits per heavy atom. The maximum Gasteiger partial charge on any atom is 0.243 e. The number of thiophene rings is 1. The Kier molecular flexibility index (Phi) is 4.75.